The Kier molecular flexibility index (Phi) is 7.39. The van der Waals surface area contributed by atoms with Crippen molar-refractivity contribution in [2.75, 3.05) is 20.1 Å². The first kappa shape index (κ1) is 27.4. The quantitative estimate of drug-likeness (QED) is 0.431. The van der Waals surface area contributed by atoms with Gasteiger partial charge in [0.2, 0.25) is 12.3 Å². The Balaban J connectivity index is 1.80. The molecule has 1 saturated heterocycles. The van der Waals surface area contributed by atoms with Crippen molar-refractivity contribution in [3.63, 3.8) is 0 Å². The molecule has 2 N–H and O–H groups in total. The summed E-state index contributed by atoms with van der Waals surface area (Å²) in [4.78, 5) is 30.6. The molecule has 3 aromatic rings. The van der Waals surface area contributed by atoms with E-state index in [4.69, 9.17) is 0 Å². The highest BCUT2D eigenvalue weighted by Gasteiger charge is 2.46. The van der Waals surface area contributed by atoms with Gasteiger partial charge in [0.25, 0.3) is 9.84 Å². The molecule has 1 aromatic carbocycles. The lowest BCUT2D eigenvalue weighted by atomic mass is 9.87. The number of benzene rings is 1. The van der Waals surface area contributed by atoms with Crippen LogP contribution in [0.25, 0.3) is 5.69 Å². The van der Waals surface area contributed by atoms with E-state index >= 15 is 0 Å². The van der Waals surface area contributed by atoms with E-state index in [9.17, 15) is 36.3 Å². The van der Waals surface area contributed by atoms with Crippen molar-refractivity contribution in [1.29, 1.82) is 0 Å². The summed E-state index contributed by atoms with van der Waals surface area (Å²) < 4.78 is 64.1. The molecule has 1 unspecified atom stereocenters. The van der Waals surface area contributed by atoms with Crippen LogP contribution < -0.4 is 11.0 Å². The number of nitrogens with zero attached hydrogens (tertiary/aromatic N) is 4. The normalized spacial score (nSPS) is 16.3. The number of halogens is 3. The van der Waals surface area contributed by atoms with E-state index in [1.54, 1.807) is 12.3 Å². The van der Waals surface area contributed by atoms with Crippen LogP contribution in [-0.4, -0.2) is 64.6 Å². The predicted octanol–water partition coefficient (Wildman–Crippen LogP) is 2.44. The number of alkyl halides is 3. The van der Waals surface area contributed by atoms with Crippen LogP contribution in [0.2, 0.25) is 0 Å². The summed E-state index contributed by atoms with van der Waals surface area (Å²) in [6.45, 7) is 3.17. The van der Waals surface area contributed by atoms with E-state index in [0.717, 1.165) is 52.8 Å². The molecule has 14 heteroatoms. The molecule has 0 spiro atoms. The highest BCUT2D eigenvalue weighted by molar-refractivity contribution is 7.92. The second-order valence-electron chi connectivity index (χ2n) is 9.11. The predicted molar refractivity (Wildman–Crippen MR) is 131 cm³/mol. The minimum Gasteiger partial charge on any atom is -0.493 e. The molecule has 1 fully saturated rings. The zero-order chi connectivity index (χ0) is 27.8. The van der Waals surface area contributed by atoms with Crippen LogP contribution in [0.1, 0.15) is 41.7 Å². The number of piperidine rings is 1. The van der Waals surface area contributed by atoms with Gasteiger partial charge >= 0.3 is 11.2 Å². The van der Waals surface area contributed by atoms with Crippen LogP contribution in [0.4, 0.5) is 13.2 Å². The summed E-state index contributed by atoms with van der Waals surface area (Å²) in [6, 6.07) is 5.08. The number of amides is 1. The first-order chi connectivity index (χ1) is 17.9. The third-order valence-electron chi connectivity index (χ3n) is 6.83. The molecule has 0 bridgehead atoms. The average Bonchev–Trinajstić information content (AvgIpc) is 3.10. The van der Waals surface area contributed by atoms with Gasteiger partial charge in [-0.15, -0.1) is 0 Å². The minimum atomic E-state index is -5.59. The van der Waals surface area contributed by atoms with Gasteiger partial charge in [0.15, 0.2) is 0 Å². The van der Waals surface area contributed by atoms with Crippen LogP contribution >= 0.6 is 0 Å². The highest BCUT2D eigenvalue weighted by atomic mass is 32.2. The maximum Gasteiger partial charge on any atom is 0.501 e. The van der Waals surface area contributed by atoms with Crippen molar-refractivity contribution >= 4 is 16.2 Å². The summed E-state index contributed by atoms with van der Waals surface area (Å²) in [6.07, 6.45) is 4.33. The smallest absolute Gasteiger partial charge is 0.493 e. The van der Waals surface area contributed by atoms with Crippen LogP contribution in [-0.2, 0) is 14.6 Å². The van der Waals surface area contributed by atoms with E-state index in [0.29, 0.717) is 24.1 Å². The highest BCUT2D eigenvalue weighted by Crippen LogP contribution is 2.34. The van der Waals surface area contributed by atoms with Crippen LogP contribution in [0.15, 0.2) is 52.4 Å². The lowest BCUT2D eigenvalue weighted by Gasteiger charge is -2.31. The number of sulfone groups is 1. The molecule has 38 heavy (non-hydrogen) atoms. The van der Waals surface area contributed by atoms with Gasteiger partial charge in [0, 0.05) is 18.0 Å². The van der Waals surface area contributed by atoms with Gasteiger partial charge in [-0.2, -0.15) is 13.2 Å². The van der Waals surface area contributed by atoms with E-state index in [2.05, 4.69) is 15.2 Å². The Hall–Kier alpha value is -3.65. The first-order valence-electron chi connectivity index (χ1n) is 11.6. The van der Waals surface area contributed by atoms with Crippen molar-refractivity contribution in [2.24, 2.45) is 0 Å². The summed E-state index contributed by atoms with van der Waals surface area (Å²) in [5.74, 6) is -0.394. The Labute approximate surface area is 216 Å². The molecule has 10 nitrogen and oxygen atoms in total. The molecular formula is C24H26F3N5O5S. The number of carbonyl (C=O) groups is 1. The number of rotatable bonds is 7. The molecule has 0 saturated carbocycles. The van der Waals surface area contributed by atoms with Gasteiger partial charge in [0.05, 0.1) is 16.3 Å². The lowest BCUT2D eigenvalue weighted by molar-refractivity contribution is -0.110. The third kappa shape index (κ3) is 4.80. The zero-order valence-electron chi connectivity index (χ0n) is 20.5. The number of hydrogen-bond donors (Lipinski definition) is 2. The summed E-state index contributed by atoms with van der Waals surface area (Å²) in [5, 5.41) is 13.5. The molecule has 0 radical (unpaired) electrons. The molecule has 1 aliphatic rings. The first-order valence-corrected chi connectivity index (χ1v) is 13.1. The second-order valence-corrected chi connectivity index (χ2v) is 11.1. The van der Waals surface area contributed by atoms with E-state index in [-0.39, 0.29) is 17.3 Å². The second kappa shape index (κ2) is 10.3. The molecule has 2 aromatic heterocycles. The number of pyridine rings is 1. The number of nitrogens with one attached hydrogen (secondary N) is 1. The van der Waals surface area contributed by atoms with Gasteiger partial charge in [-0.1, -0.05) is 0 Å². The number of imidazole rings is 1. The van der Waals surface area contributed by atoms with Crippen molar-refractivity contribution in [3.05, 3.63) is 70.0 Å². The fraction of sp³-hybridized carbons (Fsp3) is 0.375. The van der Waals surface area contributed by atoms with Gasteiger partial charge in [-0.25, -0.2) is 17.8 Å². The average molecular weight is 554 g/mol. The maximum atomic E-state index is 13.6. The van der Waals surface area contributed by atoms with Crippen LogP contribution in [0.5, 0.6) is 5.88 Å². The molecule has 1 aliphatic heterocycles. The number of hydrogen-bond acceptors (Lipinski definition) is 7. The van der Waals surface area contributed by atoms with Crippen molar-refractivity contribution in [3.8, 4) is 11.6 Å². The van der Waals surface area contributed by atoms with Gasteiger partial charge in [0.1, 0.15) is 6.17 Å². The van der Waals surface area contributed by atoms with Gasteiger partial charge < -0.3 is 15.3 Å². The SMILES string of the molecule is Cc1c(O)n(-c2ccc(S(=O)(=O)C(F)(F)F)cc2)c(=O)n1C(NC=O)c1ccncc1C1CCN(C)CC1. The number of likely N-dealkylation sites (tertiary alicyclic amines) is 1. The molecule has 204 valence electrons. The van der Waals surface area contributed by atoms with E-state index in [1.165, 1.54) is 13.1 Å². The van der Waals surface area contributed by atoms with E-state index in [1.807, 2.05) is 7.05 Å². The minimum absolute atomic E-state index is 0.0643. The van der Waals surface area contributed by atoms with Gasteiger partial charge in [-0.05, 0) is 81.7 Å². The molecule has 3 heterocycles. The number of carbonyl (C=O) groups excluding carboxylic acids is 1. The summed E-state index contributed by atoms with van der Waals surface area (Å²) in [5.41, 5.74) is -4.82. The summed E-state index contributed by atoms with van der Waals surface area (Å²) >= 11 is 0. The molecule has 1 atom stereocenters. The molecule has 0 aliphatic carbocycles. The molecule has 4 rings (SSSR count). The van der Waals surface area contributed by atoms with Crippen molar-refractivity contribution in [2.45, 2.75) is 42.3 Å². The standard InChI is InChI=1S/C24H26F3N5O5S/c1-15-22(34)32(17-3-5-18(6-4-17)38(36,37)24(25,26)27)23(35)31(15)21(29-14-33)19-7-10-28-13-20(19)16-8-11-30(2)12-9-16/h3-7,10,13-14,16,21,34H,8-9,11-12H2,1-2H3,(H,29,33). The number of aromatic nitrogens is 3. The monoisotopic (exact) mass is 553 g/mol. The zero-order valence-corrected chi connectivity index (χ0v) is 21.3. The topological polar surface area (TPSA) is 127 Å². The van der Waals surface area contributed by atoms with Gasteiger partial charge in [-0.3, -0.25) is 14.3 Å². The Bertz CT molecular complexity index is 1490. The summed E-state index contributed by atoms with van der Waals surface area (Å²) in [7, 11) is -3.56. The largest absolute Gasteiger partial charge is 0.501 e. The maximum absolute atomic E-state index is 13.6. The fourth-order valence-electron chi connectivity index (χ4n) is 4.75. The molecular weight excluding hydrogens is 527 g/mol. The van der Waals surface area contributed by atoms with Crippen LogP contribution in [0.3, 0.4) is 0 Å². The number of aromatic hydroxyl groups is 1. The van der Waals surface area contributed by atoms with Crippen molar-refractivity contribution < 1.29 is 31.5 Å². The van der Waals surface area contributed by atoms with E-state index < -0.39 is 38.0 Å². The Morgan fingerprint density at radius 1 is 1.16 bits per heavy atom. The Morgan fingerprint density at radius 3 is 2.37 bits per heavy atom. The van der Waals surface area contributed by atoms with Crippen LogP contribution in [0, 0.1) is 6.92 Å². The lowest BCUT2D eigenvalue weighted by Crippen LogP contribution is -2.37. The third-order valence-corrected chi connectivity index (χ3v) is 8.33. The fourth-order valence-corrected chi connectivity index (χ4v) is 5.51. The van der Waals surface area contributed by atoms with Crippen molar-refractivity contribution in [1.82, 2.24) is 24.3 Å². The molecule has 1 amide bonds. The Morgan fingerprint density at radius 2 is 1.79 bits per heavy atom.